The maximum absolute atomic E-state index is 12.2. The van der Waals surface area contributed by atoms with E-state index in [0.29, 0.717) is 32.8 Å². The number of para-hydroxylation sites is 1. The normalized spacial score (nSPS) is 12.3. The Morgan fingerprint density at radius 3 is 2.50 bits per heavy atom. The standard InChI is InChI=1S/C14H9Cl2NO3/c15-9-2-1-3-10(16)13(9)17-14(18)8-4-5-11-12(6-8)20-7-19-11/h1-6H,7H2,(H,17,18). The van der Waals surface area contributed by atoms with Crippen LogP contribution >= 0.6 is 23.2 Å². The molecule has 20 heavy (non-hydrogen) atoms. The zero-order valence-electron chi connectivity index (χ0n) is 10.2. The lowest BCUT2D eigenvalue weighted by molar-refractivity contribution is 0.102. The van der Waals surface area contributed by atoms with E-state index in [0.717, 1.165) is 0 Å². The predicted octanol–water partition coefficient (Wildman–Crippen LogP) is 3.97. The number of rotatable bonds is 2. The van der Waals surface area contributed by atoms with Gasteiger partial charge in [0, 0.05) is 5.56 Å². The molecule has 0 spiro atoms. The minimum Gasteiger partial charge on any atom is -0.454 e. The Labute approximate surface area is 125 Å². The number of carbonyl (C=O) groups excluding carboxylic acids is 1. The van der Waals surface area contributed by atoms with Crippen LogP contribution in [0.5, 0.6) is 11.5 Å². The molecule has 2 aromatic rings. The molecule has 102 valence electrons. The molecule has 1 heterocycles. The maximum atomic E-state index is 12.2. The molecule has 0 bridgehead atoms. The SMILES string of the molecule is O=C(Nc1c(Cl)cccc1Cl)c1ccc2c(c1)OCO2. The van der Waals surface area contributed by atoms with Gasteiger partial charge in [0.1, 0.15) is 0 Å². The second-order valence-corrected chi connectivity index (χ2v) is 4.93. The van der Waals surface area contributed by atoms with Gasteiger partial charge in [0.25, 0.3) is 5.91 Å². The molecule has 0 atom stereocenters. The van der Waals surface area contributed by atoms with Gasteiger partial charge in [-0.25, -0.2) is 0 Å². The number of anilines is 1. The van der Waals surface area contributed by atoms with Crippen LogP contribution in [0.15, 0.2) is 36.4 Å². The smallest absolute Gasteiger partial charge is 0.255 e. The lowest BCUT2D eigenvalue weighted by atomic mass is 10.2. The minimum absolute atomic E-state index is 0.163. The summed E-state index contributed by atoms with van der Waals surface area (Å²) in [5, 5.41) is 3.45. The van der Waals surface area contributed by atoms with E-state index in [9.17, 15) is 4.79 Å². The summed E-state index contributed by atoms with van der Waals surface area (Å²) in [5.41, 5.74) is 0.823. The van der Waals surface area contributed by atoms with Crippen LogP contribution in [-0.2, 0) is 0 Å². The number of carbonyl (C=O) groups is 1. The van der Waals surface area contributed by atoms with Gasteiger partial charge in [-0.05, 0) is 30.3 Å². The van der Waals surface area contributed by atoms with Gasteiger partial charge in [-0.3, -0.25) is 4.79 Å². The Kier molecular flexibility index (Phi) is 3.42. The number of halogens is 2. The van der Waals surface area contributed by atoms with Crippen molar-refractivity contribution in [3.63, 3.8) is 0 Å². The van der Waals surface area contributed by atoms with Crippen molar-refractivity contribution >= 4 is 34.8 Å². The highest BCUT2D eigenvalue weighted by Gasteiger charge is 2.17. The average molecular weight is 310 g/mol. The first-order valence-electron chi connectivity index (χ1n) is 5.80. The zero-order chi connectivity index (χ0) is 14.1. The molecule has 1 N–H and O–H groups in total. The number of benzene rings is 2. The molecule has 0 aliphatic carbocycles. The molecule has 0 saturated heterocycles. The highest BCUT2D eigenvalue weighted by Crippen LogP contribution is 2.34. The van der Waals surface area contributed by atoms with Crippen LogP contribution in [0.25, 0.3) is 0 Å². The fourth-order valence-electron chi connectivity index (χ4n) is 1.84. The van der Waals surface area contributed by atoms with Crippen LogP contribution in [0.1, 0.15) is 10.4 Å². The van der Waals surface area contributed by atoms with Crippen molar-refractivity contribution in [2.24, 2.45) is 0 Å². The van der Waals surface area contributed by atoms with Crippen LogP contribution in [-0.4, -0.2) is 12.7 Å². The fourth-order valence-corrected chi connectivity index (χ4v) is 2.33. The van der Waals surface area contributed by atoms with Crippen molar-refractivity contribution in [3.8, 4) is 11.5 Å². The van der Waals surface area contributed by atoms with Crippen molar-refractivity contribution < 1.29 is 14.3 Å². The Hall–Kier alpha value is -1.91. The molecule has 2 aromatic carbocycles. The number of hydrogen-bond donors (Lipinski definition) is 1. The van der Waals surface area contributed by atoms with Crippen molar-refractivity contribution in [1.29, 1.82) is 0 Å². The topological polar surface area (TPSA) is 47.6 Å². The number of hydrogen-bond acceptors (Lipinski definition) is 3. The molecular formula is C14H9Cl2NO3. The molecule has 0 radical (unpaired) electrons. The van der Waals surface area contributed by atoms with E-state index >= 15 is 0 Å². The molecule has 1 aliphatic rings. The first-order chi connectivity index (χ1) is 9.65. The van der Waals surface area contributed by atoms with E-state index in [1.54, 1.807) is 36.4 Å². The second kappa shape index (κ2) is 5.23. The molecule has 0 fully saturated rings. The van der Waals surface area contributed by atoms with Crippen molar-refractivity contribution in [2.75, 3.05) is 12.1 Å². The molecule has 0 unspecified atom stereocenters. The Bertz CT molecular complexity index is 668. The molecular weight excluding hydrogens is 301 g/mol. The molecule has 3 rings (SSSR count). The Balaban J connectivity index is 1.86. The summed E-state index contributed by atoms with van der Waals surface area (Å²) in [6.07, 6.45) is 0. The van der Waals surface area contributed by atoms with E-state index < -0.39 is 0 Å². The van der Waals surface area contributed by atoms with Crippen LogP contribution in [0.2, 0.25) is 10.0 Å². The number of amides is 1. The summed E-state index contributed by atoms with van der Waals surface area (Å²) in [6, 6.07) is 9.97. The Morgan fingerprint density at radius 1 is 1.05 bits per heavy atom. The first kappa shape index (κ1) is 13.1. The van der Waals surface area contributed by atoms with Crippen LogP contribution in [0, 0.1) is 0 Å². The maximum Gasteiger partial charge on any atom is 0.255 e. The largest absolute Gasteiger partial charge is 0.454 e. The zero-order valence-corrected chi connectivity index (χ0v) is 11.7. The first-order valence-corrected chi connectivity index (χ1v) is 6.56. The van der Waals surface area contributed by atoms with Gasteiger partial charge in [-0.2, -0.15) is 0 Å². The number of ether oxygens (including phenoxy) is 2. The van der Waals surface area contributed by atoms with Crippen LogP contribution < -0.4 is 14.8 Å². The van der Waals surface area contributed by atoms with Crippen molar-refractivity contribution in [1.82, 2.24) is 0 Å². The molecule has 4 nitrogen and oxygen atoms in total. The van der Waals surface area contributed by atoms with Crippen molar-refractivity contribution in [3.05, 3.63) is 52.0 Å². The van der Waals surface area contributed by atoms with Crippen LogP contribution in [0.3, 0.4) is 0 Å². The predicted molar refractivity (Wildman–Crippen MR) is 77.0 cm³/mol. The van der Waals surface area contributed by atoms with E-state index in [-0.39, 0.29) is 12.7 Å². The molecule has 0 saturated carbocycles. The number of fused-ring (bicyclic) bond motifs is 1. The summed E-state index contributed by atoms with van der Waals surface area (Å²) in [7, 11) is 0. The van der Waals surface area contributed by atoms with Crippen LogP contribution in [0.4, 0.5) is 5.69 Å². The molecule has 0 aromatic heterocycles. The molecule has 1 amide bonds. The summed E-state index contributed by atoms with van der Waals surface area (Å²) in [6.45, 7) is 0.163. The summed E-state index contributed by atoms with van der Waals surface area (Å²) >= 11 is 12.0. The summed E-state index contributed by atoms with van der Waals surface area (Å²) < 4.78 is 10.4. The van der Waals surface area contributed by atoms with E-state index in [1.807, 2.05) is 0 Å². The number of nitrogens with one attached hydrogen (secondary N) is 1. The average Bonchev–Trinajstić information content (AvgIpc) is 2.90. The van der Waals surface area contributed by atoms with Gasteiger partial charge in [0.05, 0.1) is 15.7 Å². The van der Waals surface area contributed by atoms with E-state index in [4.69, 9.17) is 32.7 Å². The van der Waals surface area contributed by atoms with Gasteiger partial charge in [0.15, 0.2) is 11.5 Å². The summed E-state index contributed by atoms with van der Waals surface area (Å²) in [4.78, 5) is 12.2. The third-order valence-electron chi connectivity index (χ3n) is 2.84. The second-order valence-electron chi connectivity index (χ2n) is 4.12. The lowest BCUT2D eigenvalue weighted by Gasteiger charge is -2.09. The fraction of sp³-hybridized carbons (Fsp3) is 0.0714. The third kappa shape index (κ3) is 2.40. The van der Waals surface area contributed by atoms with Gasteiger partial charge >= 0.3 is 0 Å². The molecule has 1 aliphatic heterocycles. The third-order valence-corrected chi connectivity index (χ3v) is 3.47. The van der Waals surface area contributed by atoms with E-state index in [2.05, 4.69) is 5.32 Å². The van der Waals surface area contributed by atoms with Gasteiger partial charge in [-0.1, -0.05) is 29.3 Å². The van der Waals surface area contributed by atoms with E-state index in [1.165, 1.54) is 0 Å². The quantitative estimate of drug-likeness (QED) is 0.913. The highest BCUT2D eigenvalue weighted by atomic mass is 35.5. The van der Waals surface area contributed by atoms with Gasteiger partial charge in [-0.15, -0.1) is 0 Å². The monoisotopic (exact) mass is 309 g/mol. The Morgan fingerprint density at radius 2 is 1.75 bits per heavy atom. The molecule has 6 heteroatoms. The van der Waals surface area contributed by atoms with Crippen molar-refractivity contribution in [2.45, 2.75) is 0 Å². The van der Waals surface area contributed by atoms with Gasteiger partial charge in [0.2, 0.25) is 6.79 Å². The summed E-state index contributed by atoms with van der Waals surface area (Å²) in [5.74, 6) is 0.846. The lowest BCUT2D eigenvalue weighted by Crippen LogP contribution is -2.12. The van der Waals surface area contributed by atoms with Gasteiger partial charge < -0.3 is 14.8 Å². The minimum atomic E-state index is -0.321. The highest BCUT2D eigenvalue weighted by molar-refractivity contribution is 6.40.